The number of hydrogen-bond donors (Lipinski definition) is 1. The second-order valence-electron chi connectivity index (χ2n) is 6.58. The van der Waals surface area contributed by atoms with Crippen LogP contribution in [0.25, 0.3) is 0 Å². The standard InChI is InChI=1S/C20H26N2O6S/c1-13-17(14(2)21-18(13)20(24)28-5)19(23)15(3)22(11-12-27-4)29(25,26)16-9-7-6-8-10-16/h6-10,15,21H,11-12H2,1-5H3. The molecular weight excluding hydrogens is 396 g/mol. The van der Waals surface area contributed by atoms with Crippen molar-refractivity contribution in [2.24, 2.45) is 0 Å². The number of carbonyl (C=O) groups is 2. The van der Waals surface area contributed by atoms with E-state index in [4.69, 9.17) is 9.47 Å². The number of ketones is 1. The largest absolute Gasteiger partial charge is 0.464 e. The molecule has 0 aliphatic carbocycles. The number of Topliss-reactive ketones (excluding diaryl/α,β-unsaturated/α-hetero) is 1. The number of sulfonamides is 1. The van der Waals surface area contributed by atoms with Crippen LogP contribution >= 0.6 is 0 Å². The fraction of sp³-hybridized carbons (Fsp3) is 0.400. The van der Waals surface area contributed by atoms with Crippen molar-refractivity contribution < 1.29 is 27.5 Å². The number of aromatic amines is 1. The van der Waals surface area contributed by atoms with Gasteiger partial charge in [0.1, 0.15) is 5.69 Å². The Morgan fingerprint density at radius 2 is 1.76 bits per heavy atom. The van der Waals surface area contributed by atoms with Crippen LogP contribution in [0.1, 0.15) is 39.0 Å². The number of hydrogen-bond acceptors (Lipinski definition) is 6. The van der Waals surface area contributed by atoms with Crippen LogP contribution in [0, 0.1) is 13.8 Å². The van der Waals surface area contributed by atoms with E-state index in [-0.39, 0.29) is 29.3 Å². The molecule has 0 aliphatic heterocycles. The van der Waals surface area contributed by atoms with Gasteiger partial charge in [0.05, 0.1) is 24.7 Å². The van der Waals surface area contributed by atoms with E-state index in [9.17, 15) is 18.0 Å². The Balaban J connectivity index is 2.47. The molecule has 0 aliphatic rings. The Kier molecular flexibility index (Phi) is 7.34. The van der Waals surface area contributed by atoms with Gasteiger partial charge in [0, 0.05) is 24.9 Å². The minimum atomic E-state index is -3.93. The number of esters is 1. The molecule has 0 saturated heterocycles. The van der Waals surface area contributed by atoms with E-state index in [1.54, 1.807) is 32.0 Å². The highest BCUT2D eigenvalue weighted by Gasteiger charge is 2.35. The van der Waals surface area contributed by atoms with E-state index >= 15 is 0 Å². The second-order valence-corrected chi connectivity index (χ2v) is 8.47. The fourth-order valence-electron chi connectivity index (χ4n) is 3.20. The van der Waals surface area contributed by atoms with Crippen molar-refractivity contribution in [1.82, 2.24) is 9.29 Å². The van der Waals surface area contributed by atoms with Gasteiger partial charge >= 0.3 is 5.97 Å². The third-order valence-corrected chi connectivity index (χ3v) is 6.73. The summed E-state index contributed by atoms with van der Waals surface area (Å²) in [5.74, 6) is -1.01. The second kappa shape index (κ2) is 9.34. The lowest BCUT2D eigenvalue weighted by Crippen LogP contribution is -2.45. The van der Waals surface area contributed by atoms with Gasteiger partial charge in [-0.1, -0.05) is 18.2 Å². The molecule has 0 amide bonds. The first kappa shape index (κ1) is 22.8. The molecule has 1 heterocycles. The molecule has 8 nitrogen and oxygen atoms in total. The summed E-state index contributed by atoms with van der Waals surface area (Å²) in [7, 11) is -1.22. The number of carbonyl (C=O) groups excluding carboxylic acids is 2. The van der Waals surface area contributed by atoms with Crippen LogP contribution in [-0.2, 0) is 19.5 Å². The van der Waals surface area contributed by atoms with Crippen molar-refractivity contribution in [2.75, 3.05) is 27.4 Å². The average Bonchev–Trinajstić information content (AvgIpc) is 3.01. The normalized spacial score (nSPS) is 12.8. The SMILES string of the molecule is COCCN(C(C)C(=O)c1c(C)[nH]c(C(=O)OC)c1C)S(=O)(=O)c1ccccc1. The first-order valence-electron chi connectivity index (χ1n) is 9.04. The molecule has 1 aromatic heterocycles. The van der Waals surface area contributed by atoms with E-state index in [2.05, 4.69) is 4.98 Å². The lowest BCUT2D eigenvalue weighted by molar-refractivity contribution is 0.0594. The summed E-state index contributed by atoms with van der Waals surface area (Å²) in [6.07, 6.45) is 0. The van der Waals surface area contributed by atoms with E-state index in [0.717, 1.165) is 4.31 Å². The summed E-state index contributed by atoms with van der Waals surface area (Å²) in [5.41, 5.74) is 1.36. The van der Waals surface area contributed by atoms with Crippen molar-refractivity contribution in [2.45, 2.75) is 31.7 Å². The molecule has 9 heteroatoms. The van der Waals surface area contributed by atoms with E-state index in [0.29, 0.717) is 11.3 Å². The fourth-order valence-corrected chi connectivity index (χ4v) is 4.80. The zero-order valence-electron chi connectivity index (χ0n) is 17.2. The minimum Gasteiger partial charge on any atom is -0.464 e. The van der Waals surface area contributed by atoms with Gasteiger partial charge in [-0.2, -0.15) is 4.31 Å². The Labute approximate surface area is 170 Å². The van der Waals surface area contributed by atoms with Gasteiger partial charge in [0.15, 0.2) is 5.78 Å². The van der Waals surface area contributed by atoms with Crippen LogP contribution in [-0.4, -0.2) is 62.9 Å². The lowest BCUT2D eigenvalue weighted by Gasteiger charge is -2.27. The van der Waals surface area contributed by atoms with Crippen LogP contribution in [0.2, 0.25) is 0 Å². The Hall–Kier alpha value is -2.49. The molecule has 2 aromatic rings. The van der Waals surface area contributed by atoms with Crippen LogP contribution in [0.3, 0.4) is 0 Å². The third kappa shape index (κ3) is 4.58. The molecule has 0 spiro atoms. The van der Waals surface area contributed by atoms with E-state index < -0.39 is 27.8 Å². The number of H-pyrrole nitrogens is 1. The molecule has 0 fully saturated rings. The quantitative estimate of drug-likeness (QED) is 0.491. The summed E-state index contributed by atoms with van der Waals surface area (Å²) in [4.78, 5) is 28.2. The molecule has 1 aromatic carbocycles. The van der Waals surface area contributed by atoms with Gasteiger partial charge in [0.2, 0.25) is 10.0 Å². The van der Waals surface area contributed by atoms with Crippen molar-refractivity contribution in [3.05, 3.63) is 52.8 Å². The maximum absolute atomic E-state index is 13.3. The average molecular weight is 423 g/mol. The number of aromatic nitrogens is 1. The Morgan fingerprint density at radius 1 is 1.14 bits per heavy atom. The van der Waals surface area contributed by atoms with E-state index in [1.165, 1.54) is 33.3 Å². The van der Waals surface area contributed by atoms with Gasteiger partial charge in [0.25, 0.3) is 0 Å². The van der Waals surface area contributed by atoms with E-state index in [1.807, 2.05) is 0 Å². The minimum absolute atomic E-state index is 0.00696. The number of rotatable bonds is 9. The van der Waals surface area contributed by atoms with Gasteiger partial charge in [-0.05, 0) is 38.5 Å². The predicted molar refractivity (Wildman–Crippen MR) is 108 cm³/mol. The summed E-state index contributed by atoms with van der Waals surface area (Å²) in [6, 6.07) is 6.92. The zero-order valence-corrected chi connectivity index (χ0v) is 18.0. The molecule has 158 valence electrons. The highest BCUT2D eigenvalue weighted by Crippen LogP contribution is 2.25. The third-order valence-electron chi connectivity index (χ3n) is 4.75. The number of methoxy groups -OCH3 is 2. The molecule has 1 unspecified atom stereocenters. The number of benzene rings is 1. The highest BCUT2D eigenvalue weighted by molar-refractivity contribution is 7.89. The van der Waals surface area contributed by atoms with Gasteiger partial charge < -0.3 is 14.5 Å². The van der Waals surface area contributed by atoms with Crippen molar-refractivity contribution >= 4 is 21.8 Å². The molecular formula is C20H26N2O6S. The van der Waals surface area contributed by atoms with Crippen molar-refractivity contribution in [3.8, 4) is 0 Å². The highest BCUT2D eigenvalue weighted by atomic mass is 32.2. The first-order chi connectivity index (χ1) is 13.7. The van der Waals surface area contributed by atoms with Crippen LogP contribution in [0.15, 0.2) is 35.2 Å². The number of aryl methyl sites for hydroxylation is 1. The molecule has 1 N–H and O–H groups in total. The molecule has 1 atom stereocenters. The monoisotopic (exact) mass is 422 g/mol. The number of ether oxygens (including phenoxy) is 2. The number of nitrogens with zero attached hydrogens (tertiary/aromatic N) is 1. The topological polar surface area (TPSA) is 106 Å². The van der Waals surface area contributed by atoms with Crippen LogP contribution < -0.4 is 0 Å². The van der Waals surface area contributed by atoms with Crippen molar-refractivity contribution in [1.29, 1.82) is 0 Å². The molecule has 0 bridgehead atoms. The smallest absolute Gasteiger partial charge is 0.354 e. The van der Waals surface area contributed by atoms with Crippen LogP contribution in [0.5, 0.6) is 0 Å². The lowest BCUT2D eigenvalue weighted by atomic mass is 10.0. The summed E-state index contributed by atoms with van der Waals surface area (Å²) in [5, 5.41) is 0. The van der Waals surface area contributed by atoms with Gasteiger partial charge in [-0.3, -0.25) is 4.79 Å². The Morgan fingerprint density at radius 3 is 2.31 bits per heavy atom. The maximum atomic E-state index is 13.3. The molecule has 0 radical (unpaired) electrons. The summed E-state index contributed by atoms with van der Waals surface area (Å²) >= 11 is 0. The van der Waals surface area contributed by atoms with Crippen molar-refractivity contribution in [3.63, 3.8) is 0 Å². The summed E-state index contributed by atoms with van der Waals surface area (Å²) in [6.45, 7) is 4.95. The Bertz CT molecular complexity index is 982. The maximum Gasteiger partial charge on any atom is 0.354 e. The zero-order chi connectivity index (χ0) is 21.8. The van der Waals surface area contributed by atoms with Gasteiger partial charge in [-0.15, -0.1) is 0 Å². The number of nitrogens with one attached hydrogen (secondary N) is 1. The molecule has 2 rings (SSSR count). The predicted octanol–water partition coefficient (Wildman–Crippen LogP) is 2.33. The van der Waals surface area contributed by atoms with Gasteiger partial charge in [-0.25, -0.2) is 13.2 Å². The molecule has 29 heavy (non-hydrogen) atoms. The summed E-state index contributed by atoms with van der Waals surface area (Å²) < 4.78 is 37.3. The van der Waals surface area contributed by atoms with Crippen LogP contribution in [0.4, 0.5) is 0 Å². The molecule has 0 saturated carbocycles. The first-order valence-corrected chi connectivity index (χ1v) is 10.5.